The molecule has 30 heavy (non-hydrogen) atoms. The Hall–Kier alpha value is -3.22. The fraction of sp³-hybridized carbons (Fsp3) is 0.391. The van der Waals surface area contributed by atoms with Crippen LogP contribution in [0, 0.1) is 6.92 Å². The van der Waals surface area contributed by atoms with Crippen molar-refractivity contribution < 1.29 is 23.8 Å². The van der Waals surface area contributed by atoms with Gasteiger partial charge in [-0.1, -0.05) is 0 Å². The summed E-state index contributed by atoms with van der Waals surface area (Å²) in [6.45, 7) is 5.94. The maximum Gasteiger partial charge on any atom is 0.344 e. The molecule has 0 unspecified atom stereocenters. The Kier molecular flexibility index (Phi) is 7.54. The van der Waals surface area contributed by atoms with Crippen molar-refractivity contribution in [2.75, 3.05) is 43.1 Å². The van der Waals surface area contributed by atoms with E-state index in [0.717, 1.165) is 24.4 Å². The first-order valence-corrected chi connectivity index (χ1v) is 10.2. The van der Waals surface area contributed by atoms with E-state index < -0.39 is 5.97 Å². The van der Waals surface area contributed by atoms with Crippen molar-refractivity contribution in [3.63, 3.8) is 0 Å². The Bertz CT molecular complexity index is 860. The van der Waals surface area contributed by atoms with Gasteiger partial charge in [-0.15, -0.1) is 0 Å². The number of aryl methyl sites for hydroxylation is 1. The van der Waals surface area contributed by atoms with Gasteiger partial charge < -0.3 is 24.4 Å². The first-order valence-electron chi connectivity index (χ1n) is 10.2. The molecule has 3 rings (SSSR count). The highest BCUT2D eigenvalue weighted by molar-refractivity contribution is 5.93. The standard InChI is InChI=1S/C23H28N2O5/c1-3-28-19-7-9-20(10-8-19)29-16-23(27)30-15-22(26)24-21-11-6-18(14-17(21)2)25-12-4-5-13-25/h6-11,14H,3-5,12-13,15-16H2,1-2H3,(H,24,26). The third-order valence-corrected chi connectivity index (χ3v) is 4.81. The van der Waals surface area contributed by atoms with E-state index in [1.165, 1.54) is 18.5 Å². The monoisotopic (exact) mass is 412 g/mol. The average molecular weight is 412 g/mol. The molecule has 1 aliphatic heterocycles. The Morgan fingerprint density at radius 2 is 1.63 bits per heavy atom. The lowest BCUT2D eigenvalue weighted by atomic mass is 10.1. The number of hydrogen-bond donors (Lipinski definition) is 1. The molecule has 1 aliphatic rings. The maximum atomic E-state index is 12.1. The van der Waals surface area contributed by atoms with Gasteiger partial charge in [0.2, 0.25) is 0 Å². The molecule has 1 heterocycles. The summed E-state index contributed by atoms with van der Waals surface area (Å²) in [5.74, 6) is 0.253. The number of carbonyl (C=O) groups is 2. The van der Waals surface area contributed by atoms with Crippen LogP contribution in [0.15, 0.2) is 42.5 Å². The molecule has 160 valence electrons. The zero-order chi connectivity index (χ0) is 21.3. The third kappa shape index (κ3) is 6.14. The number of nitrogens with one attached hydrogen (secondary N) is 1. The molecule has 1 fully saturated rings. The molecular weight excluding hydrogens is 384 g/mol. The Labute approximate surface area is 176 Å². The van der Waals surface area contributed by atoms with Gasteiger partial charge in [-0.2, -0.15) is 0 Å². The van der Waals surface area contributed by atoms with Crippen LogP contribution in [0.5, 0.6) is 11.5 Å². The predicted octanol–water partition coefficient (Wildman–Crippen LogP) is 3.55. The van der Waals surface area contributed by atoms with E-state index in [1.54, 1.807) is 24.3 Å². The van der Waals surface area contributed by atoms with E-state index in [-0.39, 0.29) is 19.1 Å². The summed E-state index contributed by atoms with van der Waals surface area (Å²) < 4.78 is 15.7. The van der Waals surface area contributed by atoms with Crippen LogP contribution in [-0.2, 0) is 14.3 Å². The number of hydrogen-bond acceptors (Lipinski definition) is 6. The summed E-state index contributed by atoms with van der Waals surface area (Å²) in [4.78, 5) is 26.3. The molecule has 0 atom stereocenters. The van der Waals surface area contributed by atoms with Gasteiger partial charge in [0.15, 0.2) is 13.2 Å². The number of rotatable bonds is 9. The van der Waals surface area contributed by atoms with Crippen LogP contribution in [0.2, 0.25) is 0 Å². The predicted molar refractivity (Wildman–Crippen MR) is 115 cm³/mol. The molecule has 0 radical (unpaired) electrons. The van der Waals surface area contributed by atoms with E-state index >= 15 is 0 Å². The zero-order valence-electron chi connectivity index (χ0n) is 17.5. The Morgan fingerprint density at radius 3 is 2.27 bits per heavy atom. The minimum absolute atomic E-state index is 0.273. The lowest BCUT2D eigenvalue weighted by Crippen LogP contribution is -2.24. The second-order valence-corrected chi connectivity index (χ2v) is 7.10. The van der Waals surface area contributed by atoms with Crippen LogP contribution in [0.25, 0.3) is 0 Å². The minimum Gasteiger partial charge on any atom is -0.494 e. The van der Waals surface area contributed by atoms with Gasteiger partial charge in [0.05, 0.1) is 6.61 Å². The third-order valence-electron chi connectivity index (χ3n) is 4.81. The number of esters is 1. The van der Waals surface area contributed by atoms with Gasteiger partial charge in [0, 0.05) is 24.5 Å². The summed E-state index contributed by atoms with van der Waals surface area (Å²) in [6, 6.07) is 12.9. The van der Waals surface area contributed by atoms with Crippen LogP contribution in [0.4, 0.5) is 11.4 Å². The van der Waals surface area contributed by atoms with Gasteiger partial charge in [0.1, 0.15) is 11.5 Å². The number of anilines is 2. The highest BCUT2D eigenvalue weighted by Crippen LogP contribution is 2.25. The van der Waals surface area contributed by atoms with Crippen molar-refractivity contribution in [3.05, 3.63) is 48.0 Å². The summed E-state index contributed by atoms with van der Waals surface area (Å²) >= 11 is 0. The Balaban J connectivity index is 1.41. The van der Waals surface area contributed by atoms with Gasteiger partial charge in [-0.25, -0.2) is 4.79 Å². The molecule has 0 saturated carbocycles. The van der Waals surface area contributed by atoms with Crippen LogP contribution in [0.1, 0.15) is 25.3 Å². The summed E-state index contributed by atoms with van der Waals surface area (Å²) in [7, 11) is 0. The molecule has 0 aromatic heterocycles. The SMILES string of the molecule is CCOc1ccc(OCC(=O)OCC(=O)Nc2ccc(N3CCCC3)cc2C)cc1. The van der Waals surface area contributed by atoms with Gasteiger partial charge in [-0.3, -0.25) is 4.79 Å². The summed E-state index contributed by atoms with van der Waals surface area (Å²) in [5, 5.41) is 2.79. The van der Waals surface area contributed by atoms with Crippen LogP contribution in [0.3, 0.4) is 0 Å². The molecule has 1 N–H and O–H groups in total. The highest BCUT2D eigenvalue weighted by atomic mass is 16.6. The van der Waals surface area contributed by atoms with E-state index in [9.17, 15) is 9.59 Å². The molecule has 7 nitrogen and oxygen atoms in total. The molecule has 2 aromatic rings. The molecule has 1 saturated heterocycles. The van der Waals surface area contributed by atoms with Gasteiger partial charge in [-0.05, 0) is 74.7 Å². The van der Waals surface area contributed by atoms with Gasteiger partial charge in [0.25, 0.3) is 5.91 Å². The smallest absolute Gasteiger partial charge is 0.344 e. The van der Waals surface area contributed by atoms with E-state index in [2.05, 4.69) is 16.3 Å². The van der Waals surface area contributed by atoms with Crippen molar-refractivity contribution in [3.8, 4) is 11.5 Å². The van der Waals surface area contributed by atoms with Crippen LogP contribution in [-0.4, -0.2) is 44.8 Å². The second-order valence-electron chi connectivity index (χ2n) is 7.10. The molecule has 1 amide bonds. The lowest BCUT2D eigenvalue weighted by Gasteiger charge is -2.19. The van der Waals surface area contributed by atoms with E-state index in [4.69, 9.17) is 14.2 Å². The highest BCUT2D eigenvalue weighted by Gasteiger charge is 2.14. The Morgan fingerprint density at radius 1 is 0.967 bits per heavy atom. The fourth-order valence-corrected chi connectivity index (χ4v) is 3.28. The minimum atomic E-state index is -0.611. The number of nitrogens with zero attached hydrogens (tertiary/aromatic N) is 1. The van der Waals surface area contributed by atoms with Crippen LogP contribution < -0.4 is 19.7 Å². The van der Waals surface area contributed by atoms with Crippen LogP contribution >= 0.6 is 0 Å². The first kappa shape index (κ1) is 21.5. The second kappa shape index (κ2) is 10.5. The van der Waals surface area contributed by atoms with Crippen molar-refractivity contribution in [2.24, 2.45) is 0 Å². The number of benzene rings is 2. The topological polar surface area (TPSA) is 77.1 Å². The molecule has 0 spiro atoms. The first-order chi connectivity index (χ1) is 14.5. The summed E-state index contributed by atoms with van der Waals surface area (Å²) in [6.07, 6.45) is 2.43. The quantitative estimate of drug-likeness (QED) is 0.635. The van der Waals surface area contributed by atoms with Crippen molar-refractivity contribution >= 4 is 23.3 Å². The molecular formula is C23H28N2O5. The molecule has 0 bridgehead atoms. The zero-order valence-corrected chi connectivity index (χ0v) is 17.5. The number of ether oxygens (including phenoxy) is 3. The summed E-state index contributed by atoms with van der Waals surface area (Å²) in [5.41, 5.74) is 2.85. The lowest BCUT2D eigenvalue weighted by molar-refractivity contribution is -0.149. The van der Waals surface area contributed by atoms with Crippen molar-refractivity contribution in [1.82, 2.24) is 0 Å². The van der Waals surface area contributed by atoms with Gasteiger partial charge >= 0.3 is 5.97 Å². The largest absolute Gasteiger partial charge is 0.494 e. The van der Waals surface area contributed by atoms with Crippen molar-refractivity contribution in [2.45, 2.75) is 26.7 Å². The molecule has 2 aromatic carbocycles. The average Bonchev–Trinajstić information content (AvgIpc) is 3.28. The number of amides is 1. The molecule has 0 aliphatic carbocycles. The maximum absolute atomic E-state index is 12.1. The number of carbonyl (C=O) groups excluding carboxylic acids is 2. The fourth-order valence-electron chi connectivity index (χ4n) is 3.28. The normalized spacial score (nSPS) is 13.1. The van der Waals surface area contributed by atoms with E-state index in [1.807, 2.05) is 26.0 Å². The van der Waals surface area contributed by atoms with E-state index in [0.29, 0.717) is 18.0 Å². The molecule has 7 heteroatoms. The van der Waals surface area contributed by atoms with Crippen molar-refractivity contribution in [1.29, 1.82) is 0 Å².